The molecular formula is C20H33IN4O5S. The Morgan fingerprint density at radius 2 is 1.84 bits per heavy atom. The van der Waals surface area contributed by atoms with E-state index in [4.69, 9.17) is 9.47 Å². The van der Waals surface area contributed by atoms with Gasteiger partial charge in [0, 0.05) is 36.0 Å². The number of carbonyl (C=O) groups is 1. The van der Waals surface area contributed by atoms with Gasteiger partial charge in [0.15, 0.2) is 27.3 Å². The van der Waals surface area contributed by atoms with E-state index in [1.807, 2.05) is 26.8 Å². The quantitative estimate of drug-likeness (QED) is 0.262. The maximum atomic E-state index is 12.1. The molecule has 0 radical (unpaired) electrons. The van der Waals surface area contributed by atoms with E-state index >= 15 is 0 Å². The predicted octanol–water partition coefficient (Wildman–Crippen LogP) is 2.17. The number of sulfone groups is 1. The minimum absolute atomic E-state index is 0. The predicted molar refractivity (Wildman–Crippen MR) is 134 cm³/mol. The molecule has 9 nitrogen and oxygen atoms in total. The average molecular weight is 568 g/mol. The molecule has 1 heterocycles. The second-order valence-corrected chi connectivity index (χ2v) is 10.4. The smallest absolute Gasteiger partial charge is 0.242 e. The molecule has 1 aromatic rings. The number of fused-ring (bicyclic) bond motifs is 1. The van der Waals surface area contributed by atoms with Crippen LogP contribution in [0, 0.1) is 0 Å². The lowest BCUT2D eigenvalue weighted by atomic mass is 10.1. The first-order valence-electron chi connectivity index (χ1n) is 10.0. The van der Waals surface area contributed by atoms with Crippen molar-refractivity contribution in [2.75, 3.05) is 43.1 Å². The van der Waals surface area contributed by atoms with E-state index in [-0.39, 0.29) is 60.0 Å². The summed E-state index contributed by atoms with van der Waals surface area (Å²) in [6.07, 6.45) is 0.806. The summed E-state index contributed by atoms with van der Waals surface area (Å²) in [5, 5.41) is 8.92. The maximum absolute atomic E-state index is 12.1. The molecule has 0 bridgehead atoms. The first-order valence-corrected chi connectivity index (χ1v) is 11.9. The normalized spacial score (nSPS) is 14.1. The molecule has 0 atom stereocenters. The van der Waals surface area contributed by atoms with Crippen molar-refractivity contribution in [1.82, 2.24) is 10.6 Å². The second-order valence-electron chi connectivity index (χ2n) is 7.96. The maximum Gasteiger partial charge on any atom is 0.242 e. The number of anilines is 1. The fourth-order valence-electron chi connectivity index (χ4n) is 2.60. The molecule has 0 unspecified atom stereocenters. The highest BCUT2D eigenvalue weighted by Gasteiger charge is 2.15. The topological polar surface area (TPSA) is 118 Å². The molecule has 1 amide bonds. The number of aliphatic imine (C=N–C) groups is 1. The van der Waals surface area contributed by atoms with E-state index in [2.05, 4.69) is 20.9 Å². The number of carbonyl (C=O) groups excluding carboxylic acids is 1. The molecule has 0 saturated heterocycles. The van der Waals surface area contributed by atoms with Crippen LogP contribution < -0.4 is 25.4 Å². The number of nitrogens with zero attached hydrogens (tertiary/aromatic N) is 1. The number of benzene rings is 1. The van der Waals surface area contributed by atoms with E-state index in [0.717, 1.165) is 6.42 Å². The Kier molecular flexibility index (Phi) is 10.8. The minimum atomic E-state index is -3.12. The summed E-state index contributed by atoms with van der Waals surface area (Å²) in [4.78, 5) is 16.4. The van der Waals surface area contributed by atoms with Gasteiger partial charge in [-0.1, -0.05) is 6.92 Å². The van der Waals surface area contributed by atoms with Crippen LogP contribution in [-0.4, -0.2) is 63.6 Å². The Morgan fingerprint density at radius 3 is 2.48 bits per heavy atom. The average Bonchev–Trinajstić information content (AvgIpc) is 2.89. The number of amides is 1. The summed E-state index contributed by atoms with van der Waals surface area (Å²) in [5.74, 6) is 1.41. The third-order valence-electron chi connectivity index (χ3n) is 4.05. The van der Waals surface area contributed by atoms with Gasteiger partial charge in [-0.05, 0) is 32.9 Å². The van der Waals surface area contributed by atoms with Crippen LogP contribution in [0.25, 0.3) is 0 Å². The van der Waals surface area contributed by atoms with Gasteiger partial charge in [0.05, 0.1) is 19.0 Å². The lowest BCUT2D eigenvalue weighted by Crippen LogP contribution is -2.42. The van der Waals surface area contributed by atoms with Crippen LogP contribution in [0.15, 0.2) is 23.2 Å². The van der Waals surface area contributed by atoms with Gasteiger partial charge in [-0.2, -0.15) is 0 Å². The van der Waals surface area contributed by atoms with E-state index in [9.17, 15) is 13.2 Å². The molecule has 0 saturated carbocycles. The molecule has 176 valence electrons. The summed E-state index contributed by atoms with van der Waals surface area (Å²) in [5.41, 5.74) is 0.317. The largest absolute Gasteiger partial charge is 0.490 e. The third kappa shape index (κ3) is 10.4. The Morgan fingerprint density at radius 1 is 1.16 bits per heavy atom. The first kappa shape index (κ1) is 27.3. The van der Waals surface area contributed by atoms with Crippen LogP contribution >= 0.6 is 24.0 Å². The summed E-state index contributed by atoms with van der Waals surface area (Å²) in [7, 11) is -3.12. The fourth-order valence-corrected chi connectivity index (χ4v) is 3.30. The Balaban J connectivity index is 0.00000480. The van der Waals surface area contributed by atoms with Crippen molar-refractivity contribution >= 4 is 51.4 Å². The Hall–Kier alpha value is -1.76. The van der Waals surface area contributed by atoms with Crippen molar-refractivity contribution in [3.63, 3.8) is 0 Å². The van der Waals surface area contributed by atoms with Crippen molar-refractivity contribution in [2.45, 2.75) is 39.7 Å². The molecule has 1 aliphatic rings. The molecule has 1 aromatic carbocycles. The highest BCUT2D eigenvalue weighted by atomic mass is 127. The zero-order valence-electron chi connectivity index (χ0n) is 18.5. The zero-order valence-corrected chi connectivity index (χ0v) is 21.6. The van der Waals surface area contributed by atoms with Crippen molar-refractivity contribution < 1.29 is 22.7 Å². The van der Waals surface area contributed by atoms with Crippen LogP contribution in [-0.2, 0) is 14.6 Å². The van der Waals surface area contributed by atoms with Gasteiger partial charge in [0.2, 0.25) is 5.91 Å². The molecule has 0 aromatic heterocycles. The number of halogens is 1. The second kappa shape index (κ2) is 12.3. The van der Waals surface area contributed by atoms with E-state index in [0.29, 0.717) is 36.4 Å². The van der Waals surface area contributed by atoms with Gasteiger partial charge in [-0.15, -0.1) is 24.0 Å². The minimum Gasteiger partial charge on any atom is -0.490 e. The lowest BCUT2D eigenvalue weighted by molar-refractivity contribution is -0.121. The highest BCUT2D eigenvalue weighted by Crippen LogP contribution is 2.32. The van der Waals surface area contributed by atoms with Gasteiger partial charge in [0.1, 0.15) is 6.54 Å². The summed E-state index contributed by atoms with van der Waals surface area (Å²) in [6.45, 7) is 8.51. The van der Waals surface area contributed by atoms with Crippen LogP contribution in [0.5, 0.6) is 11.5 Å². The van der Waals surface area contributed by atoms with Gasteiger partial charge < -0.3 is 25.4 Å². The van der Waals surface area contributed by atoms with Crippen LogP contribution in [0.3, 0.4) is 0 Å². The van der Waals surface area contributed by atoms with Crippen molar-refractivity contribution in [2.24, 2.45) is 4.99 Å². The highest BCUT2D eigenvalue weighted by molar-refractivity contribution is 14.0. The monoisotopic (exact) mass is 568 g/mol. The van der Waals surface area contributed by atoms with Crippen LogP contribution in [0.1, 0.15) is 34.1 Å². The molecule has 3 N–H and O–H groups in total. The van der Waals surface area contributed by atoms with Gasteiger partial charge in [-0.25, -0.2) is 13.4 Å². The summed E-state index contributed by atoms with van der Waals surface area (Å²) < 4.78 is 34.8. The SMILES string of the molecule is CCS(=O)(=O)CCNC(=NCC(=O)NC(C)(C)C)Nc1ccc2c(c1)OCCCO2.I. The molecule has 2 rings (SSSR count). The lowest BCUT2D eigenvalue weighted by Gasteiger charge is -2.20. The third-order valence-corrected chi connectivity index (χ3v) is 5.76. The summed E-state index contributed by atoms with van der Waals surface area (Å²) in [6, 6.07) is 5.40. The van der Waals surface area contributed by atoms with Gasteiger partial charge in [-0.3, -0.25) is 4.79 Å². The Bertz CT molecular complexity index is 869. The standard InChI is InChI=1S/C20H32N4O5S.HI/c1-5-30(26,27)12-9-21-19(22-14-18(25)24-20(2,3)4)23-15-7-8-16-17(13-15)29-11-6-10-28-16;/h7-8,13H,5-6,9-12,14H2,1-4H3,(H,24,25)(H2,21,22,23);1H. The van der Waals surface area contributed by atoms with Crippen LogP contribution in [0.2, 0.25) is 0 Å². The zero-order chi connectivity index (χ0) is 22.2. The number of rotatable bonds is 7. The molecule has 1 aliphatic heterocycles. The molecule has 0 aliphatic carbocycles. The van der Waals surface area contributed by atoms with Crippen LogP contribution in [0.4, 0.5) is 5.69 Å². The van der Waals surface area contributed by atoms with Crippen molar-refractivity contribution in [3.05, 3.63) is 18.2 Å². The number of hydrogen-bond acceptors (Lipinski definition) is 6. The fraction of sp³-hybridized carbons (Fsp3) is 0.600. The molecule has 11 heteroatoms. The number of nitrogens with one attached hydrogen (secondary N) is 3. The van der Waals surface area contributed by atoms with Crippen molar-refractivity contribution in [3.8, 4) is 11.5 Å². The van der Waals surface area contributed by atoms with E-state index < -0.39 is 9.84 Å². The van der Waals surface area contributed by atoms with Gasteiger partial charge >= 0.3 is 0 Å². The molecule has 0 spiro atoms. The number of guanidine groups is 1. The number of hydrogen-bond donors (Lipinski definition) is 3. The van der Waals surface area contributed by atoms with E-state index in [1.54, 1.807) is 19.1 Å². The number of ether oxygens (including phenoxy) is 2. The first-order chi connectivity index (χ1) is 14.1. The van der Waals surface area contributed by atoms with Gasteiger partial charge in [0.25, 0.3) is 0 Å². The molecule has 0 fully saturated rings. The molecule has 31 heavy (non-hydrogen) atoms. The Labute approximate surface area is 201 Å². The van der Waals surface area contributed by atoms with Crippen molar-refractivity contribution in [1.29, 1.82) is 0 Å². The summed E-state index contributed by atoms with van der Waals surface area (Å²) >= 11 is 0. The van der Waals surface area contributed by atoms with E-state index in [1.165, 1.54) is 0 Å². The molecular weight excluding hydrogens is 535 g/mol.